The lowest BCUT2D eigenvalue weighted by Gasteiger charge is -2.72. The minimum atomic E-state index is -0.497. The van der Waals surface area contributed by atoms with Gasteiger partial charge in [-0.2, -0.15) is 0 Å². The molecule has 3 heteroatoms. The largest absolute Gasteiger partial charge is 0.481 e. The fourth-order valence-electron chi connectivity index (χ4n) is 11.8. The summed E-state index contributed by atoms with van der Waals surface area (Å²) in [5.41, 5.74) is 0.309. The van der Waals surface area contributed by atoms with Gasteiger partial charge in [0.2, 0.25) is 0 Å². The summed E-state index contributed by atoms with van der Waals surface area (Å²) in [7, 11) is 0. The highest BCUT2D eigenvalue weighted by molar-refractivity contribution is 5.76. The van der Waals surface area contributed by atoms with E-state index in [0.717, 1.165) is 38.5 Å². The van der Waals surface area contributed by atoms with Crippen molar-refractivity contribution in [3.63, 3.8) is 0 Å². The molecule has 5 aliphatic rings. The second-order valence-electron chi connectivity index (χ2n) is 15.0. The van der Waals surface area contributed by atoms with E-state index in [1.807, 2.05) is 0 Å². The van der Waals surface area contributed by atoms with Gasteiger partial charge in [0.05, 0.1) is 11.5 Å². The summed E-state index contributed by atoms with van der Waals surface area (Å²) < 4.78 is 0. The maximum absolute atomic E-state index is 12.8. The smallest absolute Gasteiger partial charge is 0.309 e. The Morgan fingerprint density at radius 3 is 2.12 bits per heavy atom. The summed E-state index contributed by atoms with van der Waals surface area (Å²) in [6.45, 7) is 17.1. The molecule has 5 saturated carbocycles. The normalized spacial score (nSPS) is 55.3. The van der Waals surface area contributed by atoms with E-state index in [4.69, 9.17) is 0 Å². The molecule has 0 bridgehead atoms. The van der Waals surface area contributed by atoms with Gasteiger partial charge in [0.1, 0.15) is 0 Å². The number of hydrogen-bond donors (Lipinski definition) is 2. The van der Waals surface area contributed by atoms with Gasteiger partial charge in [-0.05, 0) is 121 Å². The number of aliphatic hydroxyl groups is 1. The zero-order valence-electron chi connectivity index (χ0n) is 22.4. The van der Waals surface area contributed by atoms with Crippen molar-refractivity contribution >= 4 is 5.97 Å². The molecule has 0 aliphatic heterocycles. The molecule has 0 amide bonds. The van der Waals surface area contributed by atoms with Crippen LogP contribution in [-0.2, 0) is 4.79 Å². The van der Waals surface area contributed by atoms with Crippen LogP contribution in [0.2, 0.25) is 0 Å². The third-order valence-corrected chi connectivity index (χ3v) is 13.7. The van der Waals surface area contributed by atoms with E-state index >= 15 is 0 Å². The Bertz CT molecular complexity index is 817. The van der Waals surface area contributed by atoms with E-state index in [0.29, 0.717) is 35.5 Å². The standard InChI is InChI=1S/C30H50O3/c1-18(2)19-10-15-30(25(32)33)17-16-28(6)20(24(19)30)8-9-22-27(5)13-12-23(31)26(3,4)21(27)11-14-29(22,28)7/h18-24,31H,8-17H2,1-7H3,(H,32,33)/t19-,20-,21+,22+,23-,24-,27-,28+,29+,30-/m0/s1. The number of carboxylic acid groups (broad SMARTS) is 1. The van der Waals surface area contributed by atoms with Gasteiger partial charge in [0.25, 0.3) is 0 Å². The van der Waals surface area contributed by atoms with Crippen LogP contribution in [0.4, 0.5) is 0 Å². The van der Waals surface area contributed by atoms with Crippen molar-refractivity contribution in [3.05, 3.63) is 0 Å². The summed E-state index contributed by atoms with van der Waals surface area (Å²) in [4.78, 5) is 12.8. The molecule has 10 atom stereocenters. The fourth-order valence-corrected chi connectivity index (χ4v) is 11.8. The van der Waals surface area contributed by atoms with Crippen LogP contribution in [0.5, 0.6) is 0 Å². The molecule has 5 fully saturated rings. The average Bonchev–Trinajstić information content (AvgIpc) is 3.13. The van der Waals surface area contributed by atoms with Gasteiger partial charge in [-0.3, -0.25) is 4.79 Å². The van der Waals surface area contributed by atoms with Crippen LogP contribution in [-0.4, -0.2) is 22.3 Å². The first-order valence-electron chi connectivity index (χ1n) is 14.2. The zero-order chi connectivity index (χ0) is 24.2. The molecular formula is C30H50O3. The number of aliphatic carboxylic acids is 1. The van der Waals surface area contributed by atoms with Crippen molar-refractivity contribution in [1.82, 2.24) is 0 Å². The Kier molecular flexibility index (Phi) is 5.29. The number of aliphatic hydroxyl groups excluding tert-OH is 1. The second kappa shape index (κ2) is 7.23. The van der Waals surface area contributed by atoms with Crippen LogP contribution in [0.3, 0.4) is 0 Å². The number of carboxylic acids is 1. The van der Waals surface area contributed by atoms with Crippen LogP contribution >= 0.6 is 0 Å². The maximum Gasteiger partial charge on any atom is 0.309 e. The molecule has 33 heavy (non-hydrogen) atoms. The molecule has 0 heterocycles. The Balaban J connectivity index is 1.56. The number of carbonyl (C=O) groups is 1. The van der Waals surface area contributed by atoms with Gasteiger partial charge in [0, 0.05) is 0 Å². The highest BCUT2D eigenvalue weighted by Gasteiger charge is 2.72. The van der Waals surface area contributed by atoms with Crippen molar-refractivity contribution in [3.8, 4) is 0 Å². The van der Waals surface area contributed by atoms with Gasteiger partial charge in [-0.15, -0.1) is 0 Å². The first-order chi connectivity index (χ1) is 15.3. The van der Waals surface area contributed by atoms with Crippen molar-refractivity contribution in [1.29, 1.82) is 0 Å². The number of rotatable bonds is 2. The summed E-state index contributed by atoms with van der Waals surface area (Å²) in [6, 6.07) is 0. The molecule has 5 aliphatic carbocycles. The predicted octanol–water partition coefficient (Wildman–Crippen LogP) is 7.17. The first kappa shape index (κ1) is 24.1. The lowest BCUT2D eigenvalue weighted by atomic mass is 9.32. The van der Waals surface area contributed by atoms with Crippen molar-refractivity contribution in [2.24, 2.45) is 62.6 Å². The second-order valence-corrected chi connectivity index (χ2v) is 15.0. The van der Waals surface area contributed by atoms with Crippen LogP contribution in [0.1, 0.15) is 113 Å². The topological polar surface area (TPSA) is 57.5 Å². The zero-order valence-corrected chi connectivity index (χ0v) is 22.4. The SMILES string of the molecule is CC(C)[C@@H]1CC[C@]2(C(=O)O)CC[C@]3(C)[C@@H](CC[C@@H]4[C@@]5(C)CC[C@H](O)C(C)(C)[C@H]5CC[C@]43C)[C@H]12. The minimum absolute atomic E-state index is 0.00863. The van der Waals surface area contributed by atoms with Crippen molar-refractivity contribution in [2.45, 2.75) is 119 Å². The van der Waals surface area contributed by atoms with E-state index < -0.39 is 11.4 Å². The molecule has 2 N–H and O–H groups in total. The third kappa shape index (κ3) is 2.81. The minimum Gasteiger partial charge on any atom is -0.481 e. The Hall–Kier alpha value is -0.570. The molecule has 5 rings (SSSR count). The van der Waals surface area contributed by atoms with Gasteiger partial charge in [0.15, 0.2) is 0 Å². The summed E-state index contributed by atoms with van der Waals surface area (Å²) >= 11 is 0. The van der Waals surface area contributed by atoms with Crippen LogP contribution in [0.15, 0.2) is 0 Å². The quantitative estimate of drug-likeness (QED) is 0.461. The molecule has 0 aromatic carbocycles. The molecule has 0 radical (unpaired) electrons. The molecule has 188 valence electrons. The van der Waals surface area contributed by atoms with E-state index in [-0.39, 0.29) is 27.8 Å². The molecule has 0 unspecified atom stereocenters. The number of fused-ring (bicyclic) bond motifs is 7. The van der Waals surface area contributed by atoms with Gasteiger partial charge in [-0.25, -0.2) is 0 Å². The van der Waals surface area contributed by atoms with E-state index in [1.165, 1.54) is 25.7 Å². The monoisotopic (exact) mass is 458 g/mol. The Labute approximate surface area is 202 Å². The molecular weight excluding hydrogens is 408 g/mol. The predicted molar refractivity (Wildman–Crippen MR) is 133 cm³/mol. The van der Waals surface area contributed by atoms with Crippen LogP contribution in [0, 0.1) is 62.6 Å². The Morgan fingerprint density at radius 1 is 0.788 bits per heavy atom. The van der Waals surface area contributed by atoms with Gasteiger partial charge >= 0.3 is 5.97 Å². The fraction of sp³-hybridized carbons (Fsp3) is 0.967. The Morgan fingerprint density at radius 2 is 1.48 bits per heavy atom. The van der Waals surface area contributed by atoms with E-state index in [9.17, 15) is 15.0 Å². The highest BCUT2D eigenvalue weighted by Crippen LogP contribution is 2.77. The van der Waals surface area contributed by atoms with E-state index in [2.05, 4.69) is 48.5 Å². The lowest BCUT2D eigenvalue weighted by Crippen LogP contribution is -2.67. The summed E-state index contributed by atoms with van der Waals surface area (Å²) in [5.74, 6) is 2.79. The molecule has 0 spiro atoms. The summed E-state index contributed by atoms with van der Waals surface area (Å²) in [6.07, 6.45) is 10.8. The highest BCUT2D eigenvalue weighted by atomic mass is 16.4. The summed E-state index contributed by atoms with van der Waals surface area (Å²) in [5, 5.41) is 21.4. The third-order valence-electron chi connectivity index (χ3n) is 13.7. The lowest BCUT2D eigenvalue weighted by molar-refractivity contribution is -0.249. The number of hydrogen-bond acceptors (Lipinski definition) is 2. The average molecular weight is 459 g/mol. The maximum atomic E-state index is 12.8. The van der Waals surface area contributed by atoms with Crippen molar-refractivity contribution in [2.75, 3.05) is 0 Å². The first-order valence-corrected chi connectivity index (χ1v) is 14.2. The van der Waals surface area contributed by atoms with Gasteiger partial charge < -0.3 is 10.2 Å². The van der Waals surface area contributed by atoms with Crippen LogP contribution < -0.4 is 0 Å². The molecule has 3 nitrogen and oxygen atoms in total. The van der Waals surface area contributed by atoms with Gasteiger partial charge in [-0.1, -0.05) is 48.5 Å². The molecule has 0 aromatic heterocycles. The van der Waals surface area contributed by atoms with E-state index in [1.54, 1.807) is 0 Å². The molecule has 0 aromatic rings. The molecule has 0 saturated heterocycles. The van der Waals surface area contributed by atoms with Crippen LogP contribution in [0.25, 0.3) is 0 Å². The van der Waals surface area contributed by atoms with Crippen molar-refractivity contribution < 1.29 is 15.0 Å².